The van der Waals surface area contributed by atoms with Gasteiger partial charge in [0.1, 0.15) is 17.6 Å². The van der Waals surface area contributed by atoms with E-state index in [0.29, 0.717) is 44.8 Å². The van der Waals surface area contributed by atoms with E-state index in [9.17, 15) is 19.8 Å². The fourth-order valence-electron chi connectivity index (χ4n) is 3.72. The van der Waals surface area contributed by atoms with Crippen molar-refractivity contribution < 1.29 is 29.3 Å². The molecule has 3 rings (SSSR count). The van der Waals surface area contributed by atoms with Crippen molar-refractivity contribution in [1.82, 2.24) is 10.3 Å². The first kappa shape index (κ1) is 24.5. The molecule has 4 N–H and O–H groups in total. The molecule has 1 aromatic carbocycles. The van der Waals surface area contributed by atoms with Crippen LogP contribution in [0.3, 0.4) is 0 Å². The number of nitrogens with one attached hydrogen (secondary N) is 2. The summed E-state index contributed by atoms with van der Waals surface area (Å²) >= 11 is 0. The summed E-state index contributed by atoms with van der Waals surface area (Å²) in [5.74, 6) is -0.101. The Hall–Kier alpha value is -3.17. The summed E-state index contributed by atoms with van der Waals surface area (Å²) in [6.07, 6.45) is 1.51. The molecule has 0 aliphatic carbocycles. The van der Waals surface area contributed by atoms with Crippen LogP contribution in [0.4, 0.5) is 5.82 Å². The highest BCUT2D eigenvalue weighted by Gasteiger charge is 2.41. The molecule has 0 bridgehead atoms. The maximum absolute atomic E-state index is 12.8. The summed E-state index contributed by atoms with van der Waals surface area (Å²) in [7, 11) is 1.82. The average molecular weight is 458 g/mol. The molecule has 9 heteroatoms. The normalized spacial score (nSPS) is 15.9. The zero-order valence-corrected chi connectivity index (χ0v) is 18.8. The minimum Gasteiger partial charge on any atom is -0.493 e. The Kier molecular flexibility index (Phi) is 8.62. The third-order valence-corrected chi connectivity index (χ3v) is 5.89. The zero-order chi connectivity index (χ0) is 23.7. The van der Waals surface area contributed by atoms with Crippen LogP contribution in [0.2, 0.25) is 0 Å². The average Bonchev–Trinajstić information content (AvgIpc) is 2.85. The minimum absolute atomic E-state index is 0.125. The molecule has 1 amide bonds. The molecule has 33 heavy (non-hydrogen) atoms. The van der Waals surface area contributed by atoms with Gasteiger partial charge in [0.15, 0.2) is 0 Å². The van der Waals surface area contributed by atoms with Crippen LogP contribution in [0, 0.1) is 5.41 Å². The molecule has 178 valence electrons. The molecule has 1 saturated heterocycles. The van der Waals surface area contributed by atoms with Crippen molar-refractivity contribution in [2.75, 3.05) is 38.8 Å². The lowest BCUT2D eigenvalue weighted by atomic mass is 9.80. The Bertz CT molecular complexity index is 928. The van der Waals surface area contributed by atoms with Gasteiger partial charge in [0.25, 0.3) is 0 Å². The number of hydrogen-bond donors (Lipinski definition) is 4. The number of aliphatic hydroxyl groups excluding tert-OH is 1. The maximum atomic E-state index is 12.8. The number of benzene rings is 1. The molecule has 0 radical (unpaired) electrons. The summed E-state index contributed by atoms with van der Waals surface area (Å²) in [4.78, 5) is 29.0. The molecule has 1 fully saturated rings. The summed E-state index contributed by atoms with van der Waals surface area (Å²) in [6.45, 7) is 0.851. The number of carboxylic acids is 1. The van der Waals surface area contributed by atoms with Crippen molar-refractivity contribution in [2.24, 2.45) is 5.41 Å². The molecule has 0 spiro atoms. The summed E-state index contributed by atoms with van der Waals surface area (Å²) in [6, 6.07) is 11.8. The van der Waals surface area contributed by atoms with Crippen LogP contribution in [0.5, 0.6) is 5.75 Å². The van der Waals surface area contributed by atoms with Crippen molar-refractivity contribution in [3.05, 3.63) is 53.7 Å². The van der Waals surface area contributed by atoms with E-state index in [2.05, 4.69) is 15.6 Å². The highest BCUT2D eigenvalue weighted by atomic mass is 16.5. The van der Waals surface area contributed by atoms with Crippen molar-refractivity contribution >= 4 is 17.7 Å². The Labute approximate surface area is 193 Å². The van der Waals surface area contributed by atoms with Gasteiger partial charge < -0.3 is 30.3 Å². The van der Waals surface area contributed by atoms with Crippen LogP contribution in [-0.4, -0.2) is 66.6 Å². The van der Waals surface area contributed by atoms with Crippen molar-refractivity contribution in [1.29, 1.82) is 0 Å². The Morgan fingerprint density at radius 2 is 1.91 bits per heavy atom. The highest BCUT2D eigenvalue weighted by molar-refractivity contribution is 5.87. The van der Waals surface area contributed by atoms with Crippen molar-refractivity contribution in [2.45, 2.75) is 31.7 Å². The van der Waals surface area contributed by atoms with Gasteiger partial charge in [0.05, 0.1) is 18.6 Å². The largest absolute Gasteiger partial charge is 0.493 e. The van der Waals surface area contributed by atoms with Gasteiger partial charge >= 0.3 is 5.97 Å². The number of aliphatic hydroxyl groups is 1. The molecule has 2 aromatic rings. The van der Waals surface area contributed by atoms with Crippen LogP contribution in [-0.2, 0) is 27.2 Å². The van der Waals surface area contributed by atoms with Crippen LogP contribution in [0.15, 0.2) is 42.5 Å². The second-order valence-electron chi connectivity index (χ2n) is 8.13. The lowest BCUT2D eigenvalue weighted by molar-refractivity contribution is -0.147. The minimum atomic E-state index is -1.12. The number of pyridine rings is 1. The smallest absolute Gasteiger partial charge is 0.326 e. The summed E-state index contributed by atoms with van der Waals surface area (Å²) < 4.78 is 11.1. The number of rotatable bonds is 11. The van der Waals surface area contributed by atoms with Gasteiger partial charge in [-0.25, -0.2) is 9.78 Å². The van der Waals surface area contributed by atoms with Crippen LogP contribution in [0.1, 0.15) is 24.1 Å². The van der Waals surface area contributed by atoms with Crippen molar-refractivity contribution in [3.63, 3.8) is 0 Å². The molecule has 1 atom stereocenters. The monoisotopic (exact) mass is 457 g/mol. The van der Waals surface area contributed by atoms with E-state index in [4.69, 9.17) is 9.47 Å². The number of anilines is 1. The van der Waals surface area contributed by atoms with Gasteiger partial charge in [-0.1, -0.05) is 18.2 Å². The third kappa shape index (κ3) is 6.66. The summed E-state index contributed by atoms with van der Waals surface area (Å²) in [5.41, 5.74) is 0.678. The predicted molar refractivity (Wildman–Crippen MR) is 122 cm³/mol. The number of aliphatic carboxylic acids is 1. The van der Waals surface area contributed by atoms with Crippen LogP contribution < -0.4 is 15.4 Å². The molecule has 1 aliphatic heterocycles. The summed E-state index contributed by atoms with van der Waals surface area (Å²) in [5, 5.41) is 25.0. The Morgan fingerprint density at radius 3 is 2.55 bits per heavy atom. The van der Waals surface area contributed by atoms with Gasteiger partial charge in [-0.05, 0) is 42.7 Å². The fraction of sp³-hybridized carbons (Fsp3) is 0.458. The Balaban J connectivity index is 1.54. The Morgan fingerprint density at radius 1 is 1.18 bits per heavy atom. The number of ether oxygens (including phenoxy) is 2. The second kappa shape index (κ2) is 11.6. The first-order valence-corrected chi connectivity index (χ1v) is 11.0. The molecule has 1 aromatic heterocycles. The number of aromatic nitrogens is 1. The number of nitrogens with zero attached hydrogens (tertiary/aromatic N) is 1. The van der Waals surface area contributed by atoms with Crippen molar-refractivity contribution in [3.8, 4) is 5.75 Å². The standard InChI is InChI=1S/C24H31N3O6/c1-25-21-4-2-3-18(26-21)9-12-33-19-7-5-17(6-8-19)15-20(22(29)30)27-23(31)24(16-28)10-13-32-14-11-24/h2-8,20,28H,9-16H2,1H3,(H,25,26)(H,27,31)(H,29,30)/t20-/m0/s1. The second-order valence-corrected chi connectivity index (χ2v) is 8.13. The van der Waals surface area contributed by atoms with Crippen LogP contribution in [0.25, 0.3) is 0 Å². The molecule has 0 unspecified atom stereocenters. The molecule has 9 nitrogen and oxygen atoms in total. The number of carbonyl (C=O) groups excluding carboxylic acids is 1. The lowest BCUT2D eigenvalue weighted by Gasteiger charge is -2.34. The van der Waals surface area contributed by atoms with E-state index in [1.807, 2.05) is 25.2 Å². The van der Waals surface area contributed by atoms with E-state index in [1.54, 1.807) is 24.3 Å². The van der Waals surface area contributed by atoms with Gasteiger partial charge in [-0.3, -0.25) is 4.79 Å². The van der Waals surface area contributed by atoms with Gasteiger partial charge in [0.2, 0.25) is 5.91 Å². The molecular formula is C24H31N3O6. The van der Waals surface area contributed by atoms with Gasteiger partial charge in [-0.15, -0.1) is 0 Å². The maximum Gasteiger partial charge on any atom is 0.326 e. The number of hydrogen-bond acceptors (Lipinski definition) is 7. The number of carbonyl (C=O) groups is 2. The number of carboxylic acid groups (broad SMARTS) is 1. The van der Waals surface area contributed by atoms with Gasteiger partial charge in [-0.2, -0.15) is 0 Å². The number of amides is 1. The molecule has 0 saturated carbocycles. The van der Waals surface area contributed by atoms with E-state index in [0.717, 1.165) is 17.1 Å². The van der Waals surface area contributed by atoms with E-state index in [1.165, 1.54) is 0 Å². The molecular weight excluding hydrogens is 426 g/mol. The van der Waals surface area contributed by atoms with Gasteiger partial charge in [0, 0.05) is 38.8 Å². The topological polar surface area (TPSA) is 130 Å². The first-order chi connectivity index (χ1) is 16.0. The van der Waals surface area contributed by atoms with E-state index in [-0.39, 0.29) is 13.0 Å². The lowest BCUT2D eigenvalue weighted by Crippen LogP contribution is -2.52. The quantitative estimate of drug-likeness (QED) is 0.401. The third-order valence-electron chi connectivity index (χ3n) is 5.89. The fourth-order valence-corrected chi connectivity index (χ4v) is 3.72. The van der Waals surface area contributed by atoms with Crippen LogP contribution >= 0.6 is 0 Å². The first-order valence-electron chi connectivity index (χ1n) is 11.0. The van der Waals surface area contributed by atoms with E-state index >= 15 is 0 Å². The zero-order valence-electron chi connectivity index (χ0n) is 18.8. The SMILES string of the molecule is CNc1cccc(CCOc2ccc(C[C@H](NC(=O)C3(CO)CCOCC3)C(=O)O)cc2)n1. The highest BCUT2D eigenvalue weighted by Crippen LogP contribution is 2.30. The molecule has 2 heterocycles. The van der Waals surface area contributed by atoms with E-state index < -0.39 is 23.3 Å². The predicted octanol–water partition coefficient (Wildman–Crippen LogP) is 1.65. The molecule has 1 aliphatic rings.